The van der Waals surface area contributed by atoms with Crippen molar-refractivity contribution in [2.45, 2.75) is 12.0 Å². The molecule has 2 aliphatic rings. The molecule has 2 saturated heterocycles. The van der Waals surface area contributed by atoms with Crippen LogP contribution < -0.4 is 5.32 Å². The van der Waals surface area contributed by atoms with Crippen LogP contribution in [0, 0.1) is 0 Å². The van der Waals surface area contributed by atoms with Gasteiger partial charge in [-0.1, -0.05) is 0 Å². The average Bonchev–Trinajstić information content (AvgIpc) is 1.54. The summed E-state index contributed by atoms with van der Waals surface area (Å²) < 4.78 is 21.3. The third kappa shape index (κ3) is 1.04. The highest BCUT2D eigenvalue weighted by Crippen LogP contribution is 2.31. The van der Waals surface area contributed by atoms with Gasteiger partial charge in [0.2, 0.25) is 0 Å². The third-order valence-corrected chi connectivity index (χ3v) is 4.08. The van der Waals surface area contributed by atoms with Crippen molar-refractivity contribution in [2.75, 3.05) is 18.1 Å². The maximum atomic E-state index is 10.7. The largest absolute Gasteiger partial charge is 0.309 e. The molecule has 1 spiro atoms. The van der Waals surface area contributed by atoms with Crippen molar-refractivity contribution >= 4 is 22.2 Å². The van der Waals surface area contributed by atoms with Crippen LogP contribution in [0.15, 0.2) is 0 Å². The SMILES string of the molecule is Cl.O=S1(=O)CC2(CCN2)C1. The molecule has 60 valence electrons. The molecule has 0 atom stereocenters. The highest BCUT2D eigenvalue weighted by atomic mass is 35.5. The van der Waals surface area contributed by atoms with Crippen LogP contribution in [0.4, 0.5) is 0 Å². The van der Waals surface area contributed by atoms with E-state index in [0.29, 0.717) is 11.5 Å². The maximum absolute atomic E-state index is 10.7. The zero-order valence-electron chi connectivity index (χ0n) is 5.46. The quantitative estimate of drug-likeness (QED) is 0.555. The first-order chi connectivity index (χ1) is 4.12. The van der Waals surface area contributed by atoms with Crippen LogP contribution in [0.2, 0.25) is 0 Å². The second kappa shape index (κ2) is 2.09. The first-order valence-electron chi connectivity index (χ1n) is 3.07. The number of sulfone groups is 1. The van der Waals surface area contributed by atoms with Crippen molar-refractivity contribution < 1.29 is 8.42 Å². The Hall–Kier alpha value is 0.200. The van der Waals surface area contributed by atoms with Gasteiger partial charge in [-0.15, -0.1) is 12.4 Å². The molecule has 1 N–H and O–H groups in total. The normalized spacial score (nSPS) is 31.6. The van der Waals surface area contributed by atoms with E-state index in [1.807, 2.05) is 0 Å². The molecule has 0 aromatic carbocycles. The van der Waals surface area contributed by atoms with Gasteiger partial charge < -0.3 is 5.32 Å². The van der Waals surface area contributed by atoms with Gasteiger partial charge in [0.05, 0.1) is 11.5 Å². The number of hydrogen-bond donors (Lipinski definition) is 1. The van der Waals surface area contributed by atoms with Gasteiger partial charge in [-0.25, -0.2) is 8.42 Å². The topological polar surface area (TPSA) is 46.2 Å². The summed E-state index contributed by atoms with van der Waals surface area (Å²) in [5.41, 5.74) is 0.0405. The van der Waals surface area contributed by atoms with Crippen molar-refractivity contribution in [3.05, 3.63) is 0 Å². The van der Waals surface area contributed by atoms with Crippen LogP contribution in [0.3, 0.4) is 0 Å². The van der Waals surface area contributed by atoms with Gasteiger partial charge in [0, 0.05) is 5.54 Å². The highest BCUT2D eigenvalue weighted by molar-refractivity contribution is 7.93. The van der Waals surface area contributed by atoms with Gasteiger partial charge in [-0.3, -0.25) is 0 Å². The molecule has 0 aromatic heterocycles. The molecule has 2 rings (SSSR count). The molecule has 0 saturated carbocycles. The van der Waals surface area contributed by atoms with E-state index < -0.39 is 9.84 Å². The van der Waals surface area contributed by atoms with E-state index in [9.17, 15) is 8.42 Å². The first-order valence-corrected chi connectivity index (χ1v) is 4.90. The van der Waals surface area contributed by atoms with Crippen molar-refractivity contribution in [3.8, 4) is 0 Å². The van der Waals surface area contributed by atoms with Crippen LogP contribution >= 0.6 is 12.4 Å². The molecular weight excluding hydrogens is 174 g/mol. The van der Waals surface area contributed by atoms with Gasteiger partial charge in [0.1, 0.15) is 0 Å². The van der Waals surface area contributed by atoms with E-state index in [4.69, 9.17) is 0 Å². The van der Waals surface area contributed by atoms with Crippen LogP contribution in [-0.2, 0) is 9.84 Å². The van der Waals surface area contributed by atoms with Crippen LogP contribution in [-0.4, -0.2) is 32.0 Å². The third-order valence-electron chi connectivity index (χ3n) is 2.10. The van der Waals surface area contributed by atoms with Crippen molar-refractivity contribution in [3.63, 3.8) is 0 Å². The summed E-state index contributed by atoms with van der Waals surface area (Å²) in [6.07, 6.45) is 1.05. The lowest BCUT2D eigenvalue weighted by molar-refractivity contribution is 0.242. The minimum absolute atomic E-state index is 0. The average molecular weight is 184 g/mol. The fourth-order valence-corrected chi connectivity index (χ4v) is 3.62. The fraction of sp³-hybridized carbons (Fsp3) is 1.00. The Labute approximate surface area is 66.5 Å². The Balaban J connectivity index is 0.000000500. The molecule has 2 fully saturated rings. The number of rotatable bonds is 0. The fourth-order valence-electron chi connectivity index (χ4n) is 1.52. The molecule has 0 unspecified atom stereocenters. The minimum atomic E-state index is -2.61. The lowest BCUT2D eigenvalue weighted by Crippen LogP contribution is -2.71. The standard InChI is InChI=1S/C5H9NO2S.ClH/c7-9(8)3-5(4-9)1-2-6-5;/h6H,1-4H2;1H. The second-order valence-corrected chi connectivity index (χ2v) is 5.05. The number of halogens is 1. The van der Waals surface area contributed by atoms with Gasteiger partial charge in [0.25, 0.3) is 0 Å². The molecule has 0 aromatic rings. The van der Waals surface area contributed by atoms with E-state index in [0.717, 1.165) is 13.0 Å². The molecule has 0 radical (unpaired) electrons. The highest BCUT2D eigenvalue weighted by Gasteiger charge is 2.51. The van der Waals surface area contributed by atoms with Gasteiger partial charge in [-0.2, -0.15) is 0 Å². The van der Waals surface area contributed by atoms with E-state index >= 15 is 0 Å². The van der Waals surface area contributed by atoms with E-state index in [1.54, 1.807) is 0 Å². The molecule has 0 bridgehead atoms. The molecule has 0 amide bonds. The Morgan fingerprint density at radius 2 is 1.80 bits per heavy atom. The van der Waals surface area contributed by atoms with Gasteiger partial charge >= 0.3 is 0 Å². The summed E-state index contributed by atoms with van der Waals surface area (Å²) in [4.78, 5) is 0. The van der Waals surface area contributed by atoms with Crippen LogP contribution in [0.1, 0.15) is 6.42 Å². The zero-order valence-corrected chi connectivity index (χ0v) is 7.09. The summed E-state index contributed by atoms with van der Waals surface area (Å²) in [6, 6.07) is 0. The summed E-state index contributed by atoms with van der Waals surface area (Å²) in [5.74, 6) is 0.750. The summed E-state index contributed by atoms with van der Waals surface area (Å²) in [7, 11) is -2.61. The predicted molar refractivity (Wildman–Crippen MR) is 41.3 cm³/mol. The molecule has 2 heterocycles. The lowest BCUT2D eigenvalue weighted by Gasteiger charge is -2.49. The predicted octanol–water partition coefficient (Wildman–Crippen LogP) is -0.431. The van der Waals surface area contributed by atoms with Gasteiger partial charge in [0.15, 0.2) is 9.84 Å². The lowest BCUT2D eigenvalue weighted by atomic mass is 9.92. The molecule has 2 aliphatic heterocycles. The Kier molecular flexibility index (Phi) is 1.74. The van der Waals surface area contributed by atoms with Crippen molar-refractivity contribution in [1.82, 2.24) is 5.32 Å². The van der Waals surface area contributed by atoms with E-state index in [-0.39, 0.29) is 17.9 Å². The first kappa shape index (κ1) is 8.30. The summed E-state index contributed by atoms with van der Waals surface area (Å²) in [6.45, 7) is 0.996. The number of nitrogens with one attached hydrogen (secondary N) is 1. The monoisotopic (exact) mass is 183 g/mol. The van der Waals surface area contributed by atoms with E-state index in [2.05, 4.69) is 5.32 Å². The second-order valence-electron chi connectivity index (χ2n) is 2.99. The molecule has 0 aliphatic carbocycles. The van der Waals surface area contributed by atoms with Crippen LogP contribution in [0.25, 0.3) is 0 Å². The minimum Gasteiger partial charge on any atom is -0.309 e. The Bertz CT molecular complexity index is 218. The van der Waals surface area contributed by atoms with Crippen LogP contribution in [0.5, 0.6) is 0 Å². The molecule has 3 nitrogen and oxygen atoms in total. The maximum Gasteiger partial charge on any atom is 0.153 e. The Morgan fingerprint density at radius 1 is 1.30 bits per heavy atom. The van der Waals surface area contributed by atoms with E-state index in [1.165, 1.54) is 0 Å². The Morgan fingerprint density at radius 3 is 1.90 bits per heavy atom. The molecule has 10 heavy (non-hydrogen) atoms. The van der Waals surface area contributed by atoms with Gasteiger partial charge in [-0.05, 0) is 13.0 Å². The summed E-state index contributed by atoms with van der Waals surface area (Å²) in [5, 5.41) is 3.13. The summed E-state index contributed by atoms with van der Waals surface area (Å²) >= 11 is 0. The smallest absolute Gasteiger partial charge is 0.153 e. The molecule has 5 heteroatoms. The number of hydrogen-bond acceptors (Lipinski definition) is 3. The van der Waals surface area contributed by atoms with Crippen molar-refractivity contribution in [1.29, 1.82) is 0 Å². The van der Waals surface area contributed by atoms with Crippen molar-refractivity contribution in [2.24, 2.45) is 0 Å². The zero-order chi connectivity index (χ0) is 6.54. The molecular formula is C5H10ClNO2S.